The highest BCUT2D eigenvalue weighted by molar-refractivity contribution is 5.68. The topological polar surface area (TPSA) is 58.6 Å². The molecule has 0 heterocycles. The van der Waals surface area contributed by atoms with Gasteiger partial charge in [0.15, 0.2) is 0 Å². The molecule has 0 aliphatic carbocycles. The van der Waals surface area contributed by atoms with Gasteiger partial charge in [0.25, 0.3) is 0 Å². The Morgan fingerprint density at radius 3 is 2.56 bits per heavy atom. The highest BCUT2D eigenvalue weighted by atomic mass is 19.1. The number of hydrogen-bond acceptors (Lipinski definition) is 3. The molecule has 0 saturated carbocycles. The molecule has 0 aromatic rings. The van der Waals surface area contributed by atoms with Crippen LogP contribution >= 0.6 is 0 Å². The lowest BCUT2D eigenvalue weighted by Gasteiger charge is -2.22. The standard InChI is InChI=1S/C11H18FNO3/c1-5-6-8(12)9(7-14)13-10(15)16-11(2,3)4/h5-6,9,14H,1,7H2,2-4H3,(H,13,15)/b8-6-/t9-/m0/s1. The van der Waals surface area contributed by atoms with Crippen molar-refractivity contribution < 1.29 is 19.0 Å². The van der Waals surface area contributed by atoms with Crippen LogP contribution in [0.15, 0.2) is 24.6 Å². The zero-order valence-electron chi connectivity index (χ0n) is 9.79. The van der Waals surface area contributed by atoms with Crippen LogP contribution in [0.5, 0.6) is 0 Å². The van der Waals surface area contributed by atoms with Crippen LogP contribution in [0.4, 0.5) is 9.18 Å². The van der Waals surface area contributed by atoms with E-state index in [-0.39, 0.29) is 0 Å². The Morgan fingerprint density at radius 1 is 1.62 bits per heavy atom. The molecule has 0 aliphatic rings. The number of allylic oxidation sites excluding steroid dienone is 2. The Kier molecular flexibility index (Phi) is 5.74. The summed E-state index contributed by atoms with van der Waals surface area (Å²) in [5, 5.41) is 11.1. The van der Waals surface area contributed by atoms with E-state index in [1.165, 1.54) is 6.08 Å². The molecule has 4 nitrogen and oxygen atoms in total. The second kappa shape index (κ2) is 6.27. The van der Waals surface area contributed by atoms with Crippen LogP contribution in [0, 0.1) is 0 Å². The van der Waals surface area contributed by atoms with Crippen molar-refractivity contribution in [1.29, 1.82) is 0 Å². The zero-order valence-corrected chi connectivity index (χ0v) is 9.79. The highest BCUT2D eigenvalue weighted by Crippen LogP contribution is 2.09. The summed E-state index contributed by atoms with van der Waals surface area (Å²) in [7, 11) is 0. The number of carbonyl (C=O) groups excluding carboxylic acids is 1. The van der Waals surface area contributed by atoms with E-state index in [4.69, 9.17) is 9.84 Å². The van der Waals surface area contributed by atoms with Gasteiger partial charge in [-0.15, -0.1) is 0 Å². The molecule has 1 atom stereocenters. The molecule has 92 valence electrons. The van der Waals surface area contributed by atoms with Crippen molar-refractivity contribution in [3.05, 3.63) is 24.6 Å². The fourth-order valence-electron chi connectivity index (χ4n) is 0.880. The van der Waals surface area contributed by atoms with Gasteiger partial charge in [0.05, 0.1) is 6.61 Å². The van der Waals surface area contributed by atoms with E-state index in [0.717, 1.165) is 6.08 Å². The van der Waals surface area contributed by atoms with E-state index < -0.39 is 30.2 Å². The Bertz CT molecular complexity index is 281. The minimum Gasteiger partial charge on any atom is -0.444 e. The van der Waals surface area contributed by atoms with Gasteiger partial charge in [0.2, 0.25) is 0 Å². The number of nitrogens with one attached hydrogen (secondary N) is 1. The van der Waals surface area contributed by atoms with Crippen LogP contribution in [0.25, 0.3) is 0 Å². The summed E-state index contributed by atoms with van der Waals surface area (Å²) in [5.41, 5.74) is -0.664. The number of amides is 1. The lowest BCUT2D eigenvalue weighted by Crippen LogP contribution is -2.41. The van der Waals surface area contributed by atoms with E-state index in [0.29, 0.717) is 0 Å². The molecule has 0 spiro atoms. The SMILES string of the molecule is C=C/C=C(\F)[C@H](CO)NC(=O)OC(C)(C)C. The minimum absolute atomic E-state index is 0.546. The first-order valence-electron chi connectivity index (χ1n) is 4.88. The van der Waals surface area contributed by atoms with Gasteiger partial charge >= 0.3 is 6.09 Å². The molecule has 0 radical (unpaired) electrons. The van der Waals surface area contributed by atoms with Crippen molar-refractivity contribution in [2.24, 2.45) is 0 Å². The van der Waals surface area contributed by atoms with Gasteiger partial charge in [-0.25, -0.2) is 9.18 Å². The number of hydrogen-bond donors (Lipinski definition) is 2. The maximum Gasteiger partial charge on any atom is 0.408 e. The molecular weight excluding hydrogens is 213 g/mol. The molecule has 5 heteroatoms. The number of rotatable bonds is 4. The summed E-state index contributed by atoms with van der Waals surface area (Å²) in [6.07, 6.45) is 1.52. The molecule has 0 bridgehead atoms. The molecule has 0 unspecified atom stereocenters. The molecule has 0 fully saturated rings. The quantitative estimate of drug-likeness (QED) is 0.727. The first-order valence-corrected chi connectivity index (χ1v) is 4.88. The van der Waals surface area contributed by atoms with Gasteiger partial charge in [0, 0.05) is 0 Å². The molecule has 16 heavy (non-hydrogen) atoms. The van der Waals surface area contributed by atoms with Crippen LogP contribution < -0.4 is 5.32 Å². The second-order valence-corrected chi connectivity index (χ2v) is 4.17. The van der Waals surface area contributed by atoms with Crippen LogP contribution in [-0.2, 0) is 4.74 Å². The number of ether oxygens (including phenoxy) is 1. The van der Waals surface area contributed by atoms with Crippen molar-refractivity contribution in [2.45, 2.75) is 32.4 Å². The predicted molar refractivity (Wildman–Crippen MR) is 59.6 cm³/mol. The van der Waals surface area contributed by atoms with Crippen LogP contribution in [-0.4, -0.2) is 29.4 Å². The molecule has 0 rings (SSSR count). The van der Waals surface area contributed by atoms with Crippen molar-refractivity contribution in [2.75, 3.05) is 6.61 Å². The highest BCUT2D eigenvalue weighted by Gasteiger charge is 2.21. The number of aliphatic hydroxyl groups excluding tert-OH is 1. The molecule has 1 amide bonds. The Hall–Kier alpha value is -1.36. The summed E-state index contributed by atoms with van der Waals surface area (Å²) >= 11 is 0. The Morgan fingerprint density at radius 2 is 2.19 bits per heavy atom. The normalized spacial score (nSPS) is 14.2. The largest absolute Gasteiger partial charge is 0.444 e. The summed E-state index contributed by atoms with van der Waals surface area (Å²) < 4.78 is 18.1. The third-order valence-corrected chi connectivity index (χ3v) is 1.48. The monoisotopic (exact) mass is 231 g/mol. The number of alkyl carbamates (subject to hydrolysis) is 1. The van der Waals surface area contributed by atoms with E-state index in [2.05, 4.69) is 11.9 Å². The van der Waals surface area contributed by atoms with Gasteiger partial charge in [0.1, 0.15) is 17.5 Å². The zero-order chi connectivity index (χ0) is 12.8. The maximum absolute atomic E-state index is 13.2. The minimum atomic E-state index is -1.10. The Labute approximate surface area is 94.8 Å². The second-order valence-electron chi connectivity index (χ2n) is 4.17. The third-order valence-electron chi connectivity index (χ3n) is 1.48. The van der Waals surface area contributed by atoms with Crippen LogP contribution in [0.1, 0.15) is 20.8 Å². The predicted octanol–water partition coefficient (Wildman–Crippen LogP) is 1.91. The van der Waals surface area contributed by atoms with Crippen molar-refractivity contribution in [3.8, 4) is 0 Å². The lowest BCUT2D eigenvalue weighted by atomic mass is 10.2. The fraction of sp³-hybridized carbons (Fsp3) is 0.545. The molecule has 2 N–H and O–H groups in total. The van der Waals surface area contributed by atoms with Crippen LogP contribution in [0.2, 0.25) is 0 Å². The number of halogens is 1. The molecule has 0 aliphatic heterocycles. The van der Waals surface area contributed by atoms with E-state index >= 15 is 0 Å². The van der Waals surface area contributed by atoms with Gasteiger partial charge in [-0.05, 0) is 26.8 Å². The number of carbonyl (C=O) groups is 1. The maximum atomic E-state index is 13.2. The summed E-state index contributed by atoms with van der Waals surface area (Å²) in [6.45, 7) is 7.84. The van der Waals surface area contributed by atoms with Crippen molar-refractivity contribution in [3.63, 3.8) is 0 Å². The summed E-state index contributed by atoms with van der Waals surface area (Å²) in [6, 6.07) is -1.10. The van der Waals surface area contributed by atoms with Gasteiger partial charge in [-0.3, -0.25) is 0 Å². The average molecular weight is 231 g/mol. The van der Waals surface area contributed by atoms with E-state index in [1.807, 2.05) is 0 Å². The van der Waals surface area contributed by atoms with Crippen LogP contribution in [0.3, 0.4) is 0 Å². The molecular formula is C11H18FNO3. The van der Waals surface area contributed by atoms with E-state index in [1.54, 1.807) is 20.8 Å². The first kappa shape index (κ1) is 14.6. The molecule has 0 aromatic carbocycles. The molecule has 0 aromatic heterocycles. The van der Waals surface area contributed by atoms with Crippen molar-refractivity contribution in [1.82, 2.24) is 5.32 Å². The lowest BCUT2D eigenvalue weighted by molar-refractivity contribution is 0.0487. The van der Waals surface area contributed by atoms with Crippen molar-refractivity contribution >= 4 is 6.09 Å². The summed E-state index contributed by atoms with van der Waals surface area (Å²) in [5.74, 6) is -0.677. The smallest absolute Gasteiger partial charge is 0.408 e. The third kappa shape index (κ3) is 6.19. The summed E-state index contributed by atoms with van der Waals surface area (Å²) in [4.78, 5) is 11.3. The average Bonchev–Trinajstić information content (AvgIpc) is 2.11. The Balaban J connectivity index is 4.39. The fourth-order valence-corrected chi connectivity index (χ4v) is 0.880. The first-order chi connectivity index (χ1) is 7.30. The van der Waals surface area contributed by atoms with Gasteiger partial charge in [-0.1, -0.05) is 12.7 Å². The molecule has 0 saturated heterocycles. The van der Waals surface area contributed by atoms with Gasteiger partial charge < -0.3 is 15.2 Å². The van der Waals surface area contributed by atoms with Gasteiger partial charge in [-0.2, -0.15) is 0 Å². The number of aliphatic hydroxyl groups is 1. The van der Waals surface area contributed by atoms with E-state index in [9.17, 15) is 9.18 Å².